The summed E-state index contributed by atoms with van der Waals surface area (Å²) in [5.74, 6) is -0.288. The van der Waals surface area contributed by atoms with Gasteiger partial charge in [-0.25, -0.2) is 17.9 Å². The smallest absolute Gasteiger partial charge is 0.342 e. The van der Waals surface area contributed by atoms with Gasteiger partial charge in [-0.1, -0.05) is 6.42 Å². The lowest BCUT2D eigenvalue weighted by Crippen LogP contribution is -2.41. The minimum atomic E-state index is -3.86. The average molecular weight is 330 g/mol. The van der Waals surface area contributed by atoms with Gasteiger partial charge in [0, 0.05) is 12.6 Å². The number of carbonyl (C=O) groups excluding carboxylic acids is 1. The minimum absolute atomic E-state index is 0.0333. The van der Waals surface area contributed by atoms with Crippen LogP contribution in [0.25, 0.3) is 0 Å². The van der Waals surface area contributed by atoms with Crippen molar-refractivity contribution in [3.63, 3.8) is 0 Å². The van der Waals surface area contributed by atoms with Crippen LogP contribution in [0.15, 0.2) is 9.31 Å². The highest BCUT2D eigenvalue weighted by Crippen LogP contribution is 2.27. The van der Waals surface area contributed by atoms with E-state index in [1.165, 1.54) is 14.0 Å². The van der Waals surface area contributed by atoms with E-state index < -0.39 is 16.0 Å². The molecule has 0 amide bonds. The number of ether oxygens (including phenoxy) is 1. The zero-order valence-electron chi connectivity index (χ0n) is 13.1. The molecule has 2 N–H and O–H groups in total. The molecule has 22 heavy (non-hydrogen) atoms. The molecule has 0 aliphatic carbocycles. The second-order valence-electron chi connectivity index (χ2n) is 5.43. The van der Waals surface area contributed by atoms with Gasteiger partial charge in [0.15, 0.2) is 0 Å². The number of rotatable bonds is 4. The Labute approximate surface area is 130 Å². The zero-order chi connectivity index (χ0) is 16.3. The molecular formula is C14H22N2O5S. The van der Waals surface area contributed by atoms with E-state index in [1.807, 2.05) is 0 Å². The Bertz CT molecular complexity index is 642. The number of sulfonamides is 1. The largest absolute Gasteiger partial charge is 0.465 e. The lowest BCUT2D eigenvalue weighted by molar-refractivity contribution is 0.0595. The molecular weight excluding hydrogens is 308 g/mol. The van der Waals surface area contributed by atoms with Gasteiger partial charge in [0.05, 0.1) is 7.11 Å². The number of furan rings is 1. The molecule has 1 unspecified atom stereocenters. The highest BCUT2D eigenvalue weighted by Gasteiger charge is 2.33. The van der Waals surface area contributed by atoms with Crippen LogP contribution < -0.4 is 10.0 Å². The highest BCUT2D eigenvalue weighted by molar-refractivity contribution is 7.89. The summed E-state index contributed by atoms with van der Waals surface area (Å²) in [6.45, 7) is 4.53. The maximum Gasteiger partial charge on any atom is 0.342 e. The fourth-order valence-electron chi connectivity index (χ4n) is 2.72. The Hall–Kier alpha value is -1.38. The Balaban J connectivity index is 2.34. The fraction of sp³-hybridized carbons (Fsp3) is 0.643. The van der Waals surface area contributed by atoms with Crippen LogP contribution in [0.2, 0.25) is 0 Å². The van der Waals surface area contributed by atoms with Gasteiger partial charge in [0.1, 0.15) is 22.0 Å². The summed E-state index contributed by atoms with van der Waals surface area (Å²) < 4.78 is 38.0. The number of carbonyl (C=O) groups is 1. The molecule has 1 saturated heterocycles. The van der Waals surface area contributed by atoms with Crippen molar-refractivity contribution in [2.24, 2.45) is 0 Å². The predicted octanol–water partition coefficient (Wildman–Crippen LogP) is 1.10. The van der Waals surface area contributed by atoms with E-state index in [0.717, 1.165) is 25.8 Å². The van der Waals surface area contributed by atoms with E-state index in [-0.39, 0.29) is 28.0 Å². The van der Waals surface area contributed by atoms with E-state index in [1.54, 1.807) is 6.92 Å². The third-order valence-corrected chi connectivity index (χ3v) is 5.40. The van der Waals surface area contributed by atoms with Gasteiger partial charge in [0.2, 0.25) is 10.0 Å². The average Bonchev–Trinajstić information content (AvgIpc) is 2.63. The van der Waals surface area contributed by atoms with Gasteiger partial charge in [-0.15, -0.1) is 0 Å². The second kappa shape index (κ2) is 6.80. The molecule has 2 rings (SSSR count). The van der Waals surface area contributed by atoms with Crippen molar-refractivity contribution in [2.75, 3.05) is 20.2 Å². The molecule has 0 spiro atoms. The van der Waals surface area contributed by atoms with Gasteiger partial charge in [0.25, 0.3) is 0 Å². The number of esters is 1. The van der Waals surface area contributed by atoms with Gasteiger partial charge < -0.3 is 14.5 Å². The molecule has 0 radical (unpaired) electrons. The van der Waals surface area contributed by atoms with Crippen LogP contribution in [0.5, 0.6) is 0 Å². The molecule has 8 heteroatoms. The molecule has 1 aromatic heterocycles. The molecule has 0 saturated carbocycles. The Morgan fingerprint density at radius 2 is 2.05 bits per heavy atom. The molecule has 0 bridgehead atoms. The van der Waals surface area contributed by atoms with E-state index in [4.69, 9.17) is 4.42 Å². The van der Waals surface area contributed by atoms with Gasteiger partial charge >= 0.3 is 5.97 Å². The summed E-state index contributed by atoms with van der Waals surface area (Å²) in [5, 5.41) is 3.20. The van der Waals surface area contributed by atoms with E-state index >= 15 is 0 Å². The first-order chi connectivity index (χ1) is 10.4. The standard InChI is InChI=1S/C14H22N2O5S/c1-9-12(14(17)20-3)13(10(2)21-9)22(18,19)16-11-6-4-5-7-15-8-11/h11,15-16H,4-8H2,1-3H3. The minimum Gasteiger partial charge on any atom is -0.465 e. The summed E-state index contributed by atoms with van der Waals surface area (Å²) in [6.07, 6.45) is 2.73. The molecule has 1 aliphatic heterocycles. The molecule has 0 aromatic carbocycles. The number of hydrogen-bond donors (Lipinski definition) is 2. The molecule has 1 atom stereocenters. The molecule has 1 aromatic rings. The first kappa shape index (κ1) is 17.0. The van der Waals surface area contributed by atoms with Gasteiger partial charge in [-0.2, -0.15) is 0 Å². The molecule has 124 valence electrons. The van der Waals surface area contributed by atoms with Crippen LogP contribution in [0.3, 0.4) is 0 Å². The summed E-state index contributed by atoms with van der Waals surface area (Å²) in [5.41, 5.74) is -0.0333. The summed E-state index contributed by atoms with van der Waals surface area (Å²) >= 11 is 0. The number of aryl methyl sites for hydroxylation is 2. The molecule has 1 fully saturated rings. The zero-order valence-corrected chi connectivity index (χ0v) is 13.9. The van der Waals surface area contributed by atoms with Crippen LogP contribution in [-0.2, 0) is 14.8 Å². The first-order valence-corrected chi connectivity index (χ1v) is 8.76. The van der Waals surface area contributed by atoms with Gasteiger partial charge in [-0.05, 0) is 33.2 Å². The molecule has 2 heterocycles. The van der Waals surface area contributed by atoms with Crippen molar-refractivity contribution in [1.29, 1.82) is 0 Å². The third kappa shape index (κ3) is 3.50. The summed E-state index contributed by atoms with van der Waals surface area (Å²) in [7, 11) is -2.64. The summed E-state index contributed by atoms with van der Waals surface area (Å²) in [4.78, 5) is 11.8. The predicted molar refractivity (Wildman–Crippen MR) is 80.4 cm³/mol. The lowest BCUT2D eigenvalue weighted by Gasteiger charge is -2.16. The van der Waals surface area contributed by atoms with Crippen molar-refractivity contribution >= 4 is 16.0 Å². The normalized spacial score (nSPS) is 19.7. The first-order valence-electron chi connectivity index (χ1n) is 7.28. The third-order valence-electron chi connectivity index (χ3n) is 3.73. The number of nitrogens with one attached hydrogen (secondary N) is 2. The Morgan fingerprint density at radius 3 is 2.73 bits per heavy atom. The second-order valence-corrected chi connectivity index (χ2v) is 7.08. The van der Waals surface area contributed by atoms with Crippen molar-refractivity contribution in [3.05, 3.63) is 17.1 Å². The van der Waals surface area contributed by atoms with E-state index in [0.29, 0.717) is 6.54 Å². The van der Waals surface area contributed by atoms with Crippen molar-refractivity contribution < 1.29 is 22.4 Å². The topological polar surface area (TPSA) is 97.6 Å². The van der Waals surface area contributed by atoms with Crippen molar-refractivity contribution in [1.82, 2.24) is 10.0 Å². The highest BCUT2D eigenvalue weighted by atomic mass is 32.2. The van der Waals surface area contributed by atoms with E-state index in [9.17, 15) is 13.2 Å². The summed E-state index contributed by atoms with van der Waals surface area (Å²) in [6, 6.07) is -0.201. The van der Waals surface area contributed by atoms with Gasteiger partial charge in [-0.3, -0.25) is 0 Å². The number of methoxy groups -OCH3 is 1. The fourth-order valence-corrected chi connectivity index (χ4v) is 4.40. The SMILES string of the molecule is COC(=O)c1c(C)oc(C)c1S(=O)(=O)NC1CCCCNC1. The quantitative estimate of drug-likeness (QED) is 0.803. The Morgan fingerprint density at radius 1 is 1.32 bits per heavy atom. The Kier molecular flexibility index (Phi) is 5.25. The maximum atomic E-state index is 12.7. The van der Waals surface area contributed by atoms with Crippen LogP contribution in [0, 0.1) is 13.8 Å². The monoisotopic (exact) mass is 330 g/mol. The van der Waals surface area contributed by atoms with Crippen LogP contribution in [0.4, 0.5) is 0 Å². The van der Waals surface area contributed by atoms with Crippen LogP contribution in [-0.4, -0.2) is 40.6 Å². The van der Waals surface area contributed by atoms with Crippen molar-refractivity contribution in [2.45, 2.75) is 44.0 Å². The van der Waals surface area contributed by atoms with Crippen molar-refractivity contribution in [3.8, 4) is 0 Å². The molecule has 7 nitrogen and oxygen atoms in total. The lowest BCUT2D eigenvalue weighted by atomic mass is 10.2. The van der Waals surface area contributed by atoms with Crippen LogP contribution in [0.1, 0.15) is 41.1 Å². The maximum absolute atomic E-state index is 12.7. The van der Waals surface area contributed by atoms with E-state index in [2.05, 4.69) is 14.8 Å². The molecule has 1 aliphatic rings. The number of hydrogen-bond acceptors (Lipinski definition) is 6. The van der Waals surface area contributed by atoms with Crippen LogP contribution >= 0.6 is 0 Å².